The molecule has 3 rings (SSSR count). The molecule has 0 unspecified atom stereocenters. The molecule has 0 aromatic carbocycles. The van der Waals surface area contributed by atoms with Crippen LogP contribution in [0.15, 0.2) is 16.5 Å². The highest BCUT2D eigenvalue weighted by Gasteiger charge is 2.36. The number of nitrogens with zero attached hydrogens (tertiary/aromatic N) is 2. The monoisotopic (exact) mass is 319 g/mol. The highest BCUT2D eigenvalue weighted by atomic mass is 16.3. The van der Waals surface area contributed by atoms with Crippen molar-refractivity contribution in [2.24, 2.45) is 5.92 Å². The van der Waals surface area contributed by atoms with Crippen LogP contribution in [0.5, 0.6) is 0 Å². The van der Waals surface area contributed by atoms with Crippen LogP contribution in [0.25, 0.3) is 0 Å². The lowest BCUT2D eigenvalue weighted by molar-refractivity contribution is -0.121. The Bertz CT molecular complexity index is 520. The van der Waals surface area contributed by atoms with Gasteiger partial charge in [0.25, 0.3) is 0 Å². The zero-order chi connectivity index (χ0) is 16.2. The van der Waals surface area contributed by atoms with Gasteiger partial charge in [-0.25, -0.2) is 0 Å². The fraction of sp³-hybridized carbons (Fsp3) is 0.722. The maximum atomic E-state index is 11.9. The van der Waals surface area contributed by atoms with Crippen LogP contribution < -0.4 is 5.32 Å². The van der Waals surface area contributed by atoms with Crippen LogP contribution in [0, 0.1) is 5.92 Å². The molecule has 1 amide bonds. The standard InChI is InChI=1S/C18H29N3O2/c1-14-13-16(14)17-5-3-15(23-17)4-6-18(22)19-7-8-21-11-9-20(2)10-12-21/h3,5,14,16H,4,6-13H2,1-2H3,(H,19,22)/t14-,16-/m0/s1. The van der Waals surface area contributed by atoms with E-state index in [2.05, 4.69) is 35.2 Å². The molecular formula is C18H29N3O2. The number of furan rings is 1. The molecule has 2 aliphatic rings. The molecule has 1 aliphatic carbocycles. The predicted octanol–water partition coefficient (Wildman–Crippen LogP) is 1.70. The lowest BCUT2D eigenvalue weighted by Gasteiger charge is -2.32. The molecule has 128 valence electrons. The second-order valence-electron chi connectivity index (χ2n) is 7.12. The Hall–Kier alpha value is -1.33. The number of hydrogen-bond donors (Lipinski definition) is 1. The molecule has 23 heavy (non-hydrogen) atoms. The van der Waals surface area contributed by atoms with E-state index in [0.29, 0.717) is 18.8 Å². The summed E-state index contributed by atoms with van der Waals surface area (Å²) in [6, 6.07) is 4.10. The van der Waals surface area contributed by atoms with E-state index in [0.717, 1.165) is 56.7 Å². The fourth-order valence-electron chi connectivity index (χ4n) is 3.20. The molecule has 0 bridgehead atoms. The van der Waals surface area contributed by atoms with Gasteiger partial charge in [-0.1, -0.05) is 6.92 Å². The second kappa shape index (κ2) is 7.49. The van der Waals surface area contributed by atoms with E-state index < -0.39 is 0 Å². The highest BCUT2D eigenvalue weighted by Crippen LogP contribution is 2.47. The first-order valence-corrected chi connectivity index (χ1v) is 8.88. The van der Waals surface area contributed by atoms with Crippen LogP contribution in [0.1, 0.15) is 37.2 Å². The molecule has 2 heterocycles. The van der Waals surface area contributed by atoms with Gasteiger partial charge < -0.3 is 14.6 Å². The van der Waals surface area contributed by atoms with Gasteiger partial charge in [0.15, 0.2) is 0 Å². The predicted molar refractivity (Wildman–Crippen MR) is 90.5 cm³/mol. The number of hydrogen-bond acceptors (Lipinski definition) is 4. The van der Waals surface area contributed by atoms with Crippen LogP contribution in [0.4, 0.5) is 0 Å². The third-order valence-electron chi connectivity index (χ3n) is 5.10. The van der Waals surface area contributed by atoms with Gasteiger partial charge in [0.2, 0.25) is 5.91 Å². The van der Waals surface area contributed by atoms with Crippen molar-refractivity contribution >= 4 is 5.91 Å². The Labute approximate surface area is 139 Å². The van der Waals surface area contributed by atoms with Crippen molar-refractivity contribution in [3.63, 3.8) is 0 Å². The summed E-state index contributed by atoms with van der Waals surface area (Å²) in [5, 5.41) is 3.02. The van der Waals surface area contributed by atoms with Crippen molar-refractivity contribution < 1.29 is 9.21 Å². The summed E-state index contributed by atoms with van der Waals surface area (Å²) in [4.78, 5) is 16.7. The van der Waals surface area contributed by atoms with Gasteiger partial charge in [0.05, 0.1) is 0 Å². The van der Waals surface area contributed by atoms with Gasteiger partial charge in [-0.15, -0.1) is 0 Å². The summed E-state index contributed by atoms with van der Waals surface area (Å²) in [6.45, 7) is 8.38. The van der Waals surface area contributed by atoms with Gasteiger partial charge in [0.1, 0.15) is 11.5 Å². The summed E-state index contributed by atoms with van der Waals surface area (Å²) < 4.78 is 5.85. The lowest BCUT2D eigenvalue weighted by atomic mass is 10.2. The Kier molecular flexibility index (Phi) is 5.38. The third kappa shape index (κ3) is 4.82. The Morgan fingerprint density at radius 1 is 1.30 bits per heavy atom. The second-order valence-corrected chi connectivity index (χ2v) is 7.12. The van der Waals surface area contributed by atoms with Crippen LogP contribution in [-0.4, -0.2) is 62.0 Å². The normalized spacial score (nSPS) is 25.5. The van der Waals surface area contributed by atoms with Crippen molar-refractivity contribution in [3.8, 4) is 0 Å². The van der Waals surface area contributed by atoms with Crippen LogP contribution >= 0.6 is 0 Å². The van der Waals surface area contributed by atoms with Crippen molar-refractivity contribution in [3.05, 3.63) is 23.7 Å². The minimum atomic E-state index is 0.122. The summed E-state index contributed by atoms with van der Waals surface area (Å²) in [5.41, 5.74) is 0. The summed E-state index contributed by atoms with van der Waals surface area (Å²) in [5.74, 6) is 3.53. The first-order chi connectivity index (χ1) is 11.1. The van der Waals surface area contributed by atoms with E-state index in [4.69, 9.17) is 4.42 Å². The first kappa shape index (κ1) is 16.5. The Morgan fingerprint density at radius 3 is 2.74 bits per heavy atom. The number of carbonyl (C=O) groups is 1. The fourth-order valence-corrected chi connectivity index (χ4v) is 3.20. The van der Waals surface area contributed by atoms with Crippen LogP contribution in [0.2, 0.25) is 0 Å². The van der Waals surface area contributed by atoms with E-state index in [1.807, 2.05) is 6.07 Å². The van der Waals surface area contributed by atoms with E-state index in [9.17, 15) is 4.79 Å². The zero-order valence-electron chi connectivity index (χ0n) is 14.4. The van der Waals surface area contributed by atoms with Gasteiger partial charge in [-0.05, 0) is 31.5 Å². The molecule has 1 saturated carbocycles. The molecule has 1 saturated heterocycles. The molecule has 1 aliphatic heterocycles. The maximum absolute atomic E-state index is 11.9. The zero-order valence-corrected chi connectivity index (χ0v) is 14.4. The summed E-state index contributed by atoms with van der Waals surface area (Å²) in [6.07, 6.45) is 2.44. The highest BCUT2D eigenvalue weighted by molar-refractivity contribution is 5.76. The van der Waals surface area contributed by atoms with Crippen molar-refractivity contribution in [1.82, 2.24) is 15.1 Å². The number of piperazine rings is 1. The molecule has 0 radical (unpaired) electrons. The average molecular weight is 319 g/mol. The smallest absolute Gasteiger partial charge is 0.220 e. The van der Waals surface area contributed by atoms with Gasteiger partial charge in [-0.2, -0.15) is 0 Å². The minimum Gasteiger partial charge on any atom is -0.466 e. The molecule has 1 aromatic rings. The number of nitrogens with one attached hydrogen (secondary N) is 1. The lowest BCUT2D eigenvalue weighted by Crippen LogP contribution is -2.46. The molecule has 2 fully saturated rings. The summed E-state index contributed by atoms with van der Waals surface area (Å²) >= 11 is 0. The number of aryl methyl sites for hydroxylation is 1. The SMILES string of the molecule is C[C@H]1C[C@@H]1c1ccc(CCC(=O)NCCN2CCN(C)CC2)o1. The Morgan fingerprint density at radius 2 is 2.04 bits per heavy atom. The van der Waals surface area contributed by atoms with Crippen molar-refractivity contribution in [1.29, 1.82) is 0 Å². The van der Waals surface area contributed by atoms with E-state index in [1.165, 1.54) is 6.42 Å². The number of amides is 1. The maximum Gasteiger partial charge on any atom is 0.220 e. The third-order valence-corrected chi connectivity index (χ3v) is 5.10. The topological polar surface area (TPSA) is 48.7 Å². The van der Waals surface area contributed by atoms with E-state index in [-0.39, 0.29) is 5.91 Å². The largest absolute Gasteiger partial charge is 0.466 e. The van der Waals surface area contributed by atoms with E-state index in [1.54, 1.807) is 0 Å². The number of carbonyl (C=O) groups excluding carboxylic acids is 1. The molecule has 1 N–H and O–H groups in total. The molecule has 2 atom stereocenters. The summed E-state index contributed by atoms with van der Waals surface area (Å²) in [7, 11) is 2.16. The molecule has 1 aromatic heterocycles. The van der Waals surface area contributed by atoms with Gasteiger partial charge >= 0.3 is 0 Å². The van der Waals surface area contributed by atoms with Crippen molar-refractivity contribution in [2.45, 2.75) is 32.1 Å². The number of likely N-dealkylation sites (N-methyl/N-ethyl adjacent to an activating group) is 1. The average Bonchev–Trinajstić information content (AvgIpc) is 3.09. The number of rotatable bonds is 7. The van der Waals surface area contributed by atoms with Gasteiger partial charge in [-0.3, -0.25) is 9.69 Å². The molecule has 0 spiro atoms. The molecule has 5 nitrogen and oxygen atoms in total. The van der Waals surface area contributed by atoms with Gasteiger partial charge in [0, 0.05) is 58.0 Å². The van der Waals surface area contributed by atoms with Crippen LogP contribution in [-0.2, 0) is 11.2 Å². The minimum absolute atomic E-state index is 0.122. The Balaban J connectivity index is 1.30. The molecule has 5 heteroatoms. The van der Waals surface area contributed by atoms with Crippen LogP contribution in [0.3, 0.4) is 0 Å². The van der Waals surface area contributed by atoms with Crippen molar-refractivity contribution in [2.75, 3.05) is 46.3 Å². The first-order valence-electron chi connectivity index (χ1n) is 8.88. The molecular weight excluding hydrogens is 290 g/mol. The quantitative estimate of drug-likeness (QED) is 0.831. The van der Waals surface area contributed by atoms with E-state index >= 15 is 0 Å².